The van der Waals surface area contributed by atoms with Crippen LogP contribution in [0.15, 0.2) is 18.2 Å². The molecule has 0 bridgehead atoms. The Labute approximate surface area is 115 Å². The number of nitrogens with zero attached hydrogens (tertiary/aromatic N) is 2. The highest BCUT2D eigenvalue weighted by Gasteiger charge is 2.12. The Hall–Kier alpha value is -2.48. The topological polar surface area (TPSA) is 48.7 Å². The van der Waals surface area contributed by atoms with E-state index in [1.54, 1.807) is 19.9 Å². The lowest BCUT2D eigenvalue weighted by Crippen LogP contribution is -2.03. The molecular formula is C15H13F2N3. The fourth-order valence-electron chi connectivity index (χ4n) is 1.94. The van der Waals surface area contributed by atoms with Crippen LogP contribution in [0.2, 0.25) is 0 Å². The summed E-state index contributed by atoms with van der Waals surface area (Å²) in [5.41, 5.74) is 1.92. The van der Waals surface area contributed by atoms with E-state index >= 15 is 0 Å². The normalized spacial score (nSPS) is 10.2. The van der Waals surface area contributed by atoms with Crippen LogP contribution in [0, 0.1) is 43.7 Å². The van der Waals surface area contributed by atoms with E-state index in [0.29, 0.717) is 11.3 Å². The van der Waals surface area contributed by atoms with E-state index in [9.17, 15) is 8.78 Å². The van der Waals surface area contributed by atoms with E-state index in [2.05, 4.69) is 10.3 Å². The molecule has 0 aliphatic carbocycles. The minimum atomic E-state index is -0.589. The summed E-state index contributed by atoms with van der Waals surface area (Å²) in [4.78, 5) is 4.17. The fourth-order valence-corrected chi connectivity index (χ4v) is 1.94. The molecular weight excluding hydrogens is 260 g/mol. The maximum atomic E-state index is 13.8. The van der Waals surface area contributed by atoms with Gasteiger partial charge in [0.05, 0.1) is 11.3 Å². The molecule has 102 valence electrons. The third kappa shape index (κ3) is 2.59. The van der Waals surface area contributed by atoms with Gasteiger partial charge in [0.1, 0.15) is 23.5 Å². The lowest BCUT2D eigenvalue weighted by atomic mass is 10.1. The molecule has 2 rings (SSSR count). The van der Waals surface area contributed by atoms with Crippen molar-refractivity contribution in [2.45, 2.75) is 20.8 Å². The van der Waals surface area contributed by atoms with E-state index in [-0.39, 0.29) is 17.1 Å². The molecule has 0 aliphatic rings. The average molecular weight is 273 g/mol. The third-order valence-corrected chi connectivity index (χ3v) is 2.96. The summed E-state index contributed by atoms with van der Waals surface area (Å²) in [7, 11) is 0. The van der Waals surface area contributed by atoms with Gasteiger partial charge in [-0.1, -0.05) is 0 Å². The van der Waals surface area contributed by atoms with Crippen LogP contribution in [-0.2, 0) is 0 Å². The number of benzene rings is 1. The Kier molecular flexibility index (Phi) is 3.66. The summed E-state index contributed by atoms with van der Waals surface area (Å²) in [6.07, 6.45) is 0. The molecule has 0 aliphatic heterocycles. The predicted octanol–water partition coefficient (Wildman–Crippen LogP) is 3.90. The van der Waals surface area contributed by atoms with Crippen LogP contribution in [0.1, 0.15) is 22.4 Å². The summed E-state index contributed by atoms with van der Waals surface area (Å²) < 4.78 is 27.3. The minimum absolute atomic E-state index is 0.0397. The van der Waals surface area contributed by atoms with Crippen LogP contribution < -0.4 is 5.32 Å². The molecule has 0 saturated heterocycles. The molecule has 1 aromatic carbocycles. The largest absolute Gasteiger partial charge is 0.337 e. The molecule has 1 heterocycles. The van der Waals surface area contributed by atoms with Crippen molar-refractivity contribution < 1.29 is 8.78 Å². The molecule has 5 heteroatoms. The highest BCUT2D eigenvalue weighted by atomic mass is 19.1. The molecule has 0 radical (unpaired) electrons. The van der Waals surface area contributed by atoms with Crippen molar-refractivity contribution in [3.63, 3.8) is 0 Å². The van der Waals surface area contributed by atoms with Crippen LogP contribution in [0.5, 0.6) is 0 Å². The standard InChI is InChI=1S/C15H13F2N3/c1-8-4-10(3)19-15(11(8)7-18)20-14-6-12(16)9(2)5-13(14)17/h4-6H,1-3H3,(H,19,20). The van der Waals surface area contributed by atoms with Crippen molar-refractivity contribution in [3.05, 3.63) is 52.2 Å². The van der Waals surface area contributed by atoms with E-state index in [1.165, 1.54) is 6.92 Å². The molecule has 0 fully saturated rings. The molecule has 0 spiro atoms. The van der Waals surface area contributed by atoms with Gasteiger partial charge in [0, 0.05) is 11.8 Å². The number of nitriles is 1. The SMILES string of the molecule is Cc1cc(C)c(C#N)c(Nc2cc(F)c(C)cc2F)n1. The summed E-state index contributed by atoms with van der Waals surface area (Å²) in [6.45, 7) is 5.02. The first-order valence-electron chi connectivity index (χ1n) is 6.03. The number of aromatic nitrogens is 1. The average Bonchev–Trinajstić information content (AvgIpc) is 2.35. The highest BCUT2D eigenvalue weighted by molar-refractivity contribution is 5.65. The van der Waals surface area contributed by atoms with Crippen LogP contribution in [0.4, 0.5) is 20.3 Å². The van der Waals surface area contributed by atoms with Crippen molar-refractivity contribution in [1.29, 1.82) is 5.26 Å². The first kappa shape index (κ1) is 13.9. The van der Waals surface area contributed by atoms with Gasteiger partial charge in [-0.2, -0.15) is 5.26 Å². The van der Waals surface area contributed by atoms with Crippen molar-refractivity contribution in [2.75, 3.05) is 5.32 Å². The lowest BCUT2D eigenvalue weighted by Gasteiger charge is -2.11. The summed E-state index contributed by atoms with van der Waals surface area (Å²) in [5.74, 6) is -0.877. The van der Waals surface area contributed by atoms with Gasteiger partial charge < -0.3 is 5.32 Å². The highest BCUT2D eigenvalue weighted by Crippen LogP contribution is 2.25. The second-order valence-electron chi connectivity index (χ2n) is 4.62. The zero-order valence-electron chi connectivity index (χ0n) is 11.4. The number of aryl methyl sites for hydroxylation is 3. The minimum Gasteiger partial charge on any atom is -0.337 e. The van der Waals surface area contributed by atoms with E-state index in [0.717, 1.165) is 17.7 Å². The van der Waals surface area contributed by atoms with Crippen LogP contribution in [0.3, 0.4) is 0 Å². The van der Waals surface area contributed by atoms with E-state index < -0.39 is 11.6 Å². The molecule has 0 amide bonds. The van der Waals surface area contributed by atoms with E-state index in [1.807, 2.05) is 6.07 Å². The van der Waals surface area contributed by atoms with Crippen LogP contribution >= 0.6 is 0 Å². The van der Waals surface area contributed by atoms with Gasteiger partial charge >= 0.3 is 0 Å². The van der Waals surface area contributed by atoms with Crippen LogP contribution in [0.25, 0.3) is 0 Å². The molecule has 0 unspecified atom stereocenters. The first-order chi connectivity index (χ1) is 9.42. The Bertz CT molecular complexity index is 718. The summed E-state index contributed by atoms with van der Waals surface area (Å²) >= 11 is 0. The number of halogens is 2. The van der Waals surface area contributed by atoms with Crippen molar-refractivity contribution in [2.24, 2.45) is 0 Å². The number of nitrogens with one attached hydrogen (secondary N) is 1. The van der Waals surface area contributed by atoms with Gasteiger partial charge in [-0.25, -0.2) is 13.8 Å². The predicted molar refractivity (Wildman–Crippen MR) is 72.8 cm³/mol. The zero-order chi connectivity index (χ0) is 14.9. The Morgan fingerprint density at radius 1 is 1.05 bits per heavy atom. The third-order valence-electron chi connectivity index (χ3n) is 2.96. The summed E-state index contributed by atoms with van der Waals surface area (Å²) in [6, 6.07) is 5.94. The Morgan fingerprint density at radius 3 is 2.40 bits per heavy atom. The molecule has 0 atom stereocenters. The fraction of sp³-hybridized carbons (Fsp3) is 0.200. The van der Waals surface area contributed by atoms with Crippen molar-refractivity contribution in [3.8, 4) is 6.07 Å². The van der Waals surface area contributed by atoms with Crippen molar-refractivity contribution in [1.82, 2.24) is 4.98 Å². The second-order valence-corrected chi connectivity index (χ2v) is 4.62. The molecule has 1 N–H and O–H groups in total. The van der Waals surface area contributed by atoms with Gasteiger partial charge in [-0.05, 0) is 44.0 Å². The molecule has 0 saturated carbocycles. The Morgan fingerprint density at radius 2 is 1.75 bits per heavy atom. The van der Waals surface area contributed by atoms with Gasteiger partial charge in [-0.3, -0.25) is 0 Å². The molecule has 2 aromatic rings. The smallest absolute Gasteiger partial charge is 0.148 e. The van der Waals surface area contributed by atoms with Crippen molar-refractivity contribution >= 4 is 11.5 Å². The second kappa shape index (κ2) is 5.25. The number of anilines is 2. The first-order valence-corrected chi connectivity index (χ1v) is 6.03. The van der Waals surface area contributed by atoms with Crippen LogP contribution in [-0.4, -0.2) is 4.98 Å². The summed E-state index contributed by atoms with van der Waals surface area (Å²) in [5, 5.41) is 11.8. The molecule has 3 nitrogen and oxygen atoms in total. The maximum Gasteiger partial charge on any atom is 0.148 e. The maximum absolute atomic E-state index is 13.8. The number of rotatable bonds is 2. The number of pyridine rings is 1. The molecule has 20 heavy (non-hydrogen) atoms. The number of hydrogen-bond donors (Lipinski definition) is 1. The lowest BCUT2D eigenvalue weighted by molar-refractivity contribution is 0.595. The van der Waals surface area contributed by atoms with Gasteiger partial charge in [-0.15, -0.1) is 0 Å². The monoisotopic (exact) mass is 273 g/mol. The van der Waals surface area contributed by atoms with Gasteiger partial charge in [0.2, 0.25) is 0 Å². The van der Waals surface area contributed by atoms with E-state index in [4.69, 9.17) is 5.26 Å². The van der Waals surface area contributed by atoms with Gasteiger partial charge in [0.15, 0.2) is 0 Å². The number of hydrogen-bond acceptors (Lipinski definition) is 3. The Balaban J connectivity index is 2.51. The van der Waals surface area contributed by atoms with Gasteiger partial charge in [0.25, 0.3) is 0 Å². The molecule has 1 aromatic heterocycles. The zero-order valence-corrected chi connectivity index (χ0v) is 11.4. The quantitative estimate of drug-likeness (QED) is 0.902.